The van der Waals surface area contributed by atoms with E-state index < -0.39 is 22.9 Å². The number of methoxy groups -OCH3 is 4. The Morgan fingerprint density at radius 2 is 1.61 bits per heavy atom. The summed E-state index contributed by atoms with van der Waals surface area (Å²) in [5.41, 5.74) is 0.0963. The van der Waals surface area contributed by atoms with Gasteiger partial charge >= 0.3 is 5.97 Å². The first-order chi connectivity index (χ1) is 15.7. The van der Waals surface area contributed by atoms with Crippen molar-refractivity contribution in [3.63, 3.8) is 0 Å². The van der Waals surface area contributed by atoms with Crippen LogP contribution in [0.1, 0.15) is 12.5 Å². The quantitative estimate of drug-likeness (QED) is 0.245. The van der Waals surface area contributed by atoms with Gasteiger partial charge in [-0.05, 0) is 31.2 Å². The second-order valence-electron chi connectivity index (χ2n) is 6.49. The molecule has 11 heteroatoms. The van der Waals surface area contributed by atoms with Gasteiger partial charge in [0, 0.05) is 17.7 Å². The van der Waals surface area contributed by atoms with Crippen molar-refractivity contribution in [3.05, 3.63) is 52.1 Å². The molecule has 0 radical (unpaired) electrons. The molecule has 0 bridgehead atoms. The number of hydrogen-bond donors (Lipinski definition) is 1. The van der Waals surface area contributed by atoms with E-state index in [0.717, 1.165) is 6.08 Å². The van der Waals surface area contributed by atoms with Crippen molar-refractivity contribution < 1.29 is 38.2 Å². The van der Waals surface area contributed by atoms with Crippen molar-refractivity contribution in [3.8, 4) is 23.0 Å². The number of esters is 1. The predicted octanol–water partition coefficient (Wildman–Crippen LogP) is 3.21. The SMILES string of the molecule is COc1ccc(NC(=O)C(C)OC(=O)/C=C/c2cc(OC)c(OC)cc2OC)c([N+](=O)[O-])c1. The largest absolute Gasteiger partial charge is 0.496 e. The average molecular weight is 460 g/mol. The third-order valence-corrected chi connectivity index (χ3v) is 4.46. The number of anilines is 1. The first-order valence-electron chi connectivity index (χ1n) is 9.56. The molecule has 2 aromatic carbocycles. The van der Waals surface area contributed by atoms with E-state index in [-0.39, 0.29) is 17.1 Å². The van der Waals surface area contributed by atoms with E-state index in [0.29, 0.717) is 22.8 Å². The molecule has 0 saturated carbocycles. The molecule has 0 aliphatic carbocycles. The first-order valence-corrected chi connectivity index (χ1v) is 9.56. The third-order valence-electron chi connectivity index (χ3n) is 4.46. The lowest BCUT2D eigenvalue weighted by Crippen LogP contribution is -2.29. The van der Waals surface area contributed by atoms with Crippen molar-refractivity contribution in [2.24, 2.45) is 0 Å². The number of ether oxygens (including phenoxy) is 5. The number of benzene rings is 2. The van der Waals surface area contributed by atoms with Crippen LogP contribution in [0.15, 0.2) is 36.4 Å². The fourth-order valence-corrected chi connectivity index (χ4v) is 2.74. The van der Waals surface area contributed by atoms with Gasteiger partial charge in [0.15, 0.2) is 17.6 Å². The molecule has 2 rings (SSSR count). The van der Waals surface area contributed by atoms with Gasteiger partial charge in [-0.25, -0.2) is 4.79 Å². The highest BCUT2D eigenvalue weighted by molar-refractivity contribution is 5.98. The zero-order chi connectivity index (χ0) is 24.5. The lowest BCUT2D eigenvalue weighted by molar-refractivity contribution is -0.384. The molecule has 0 saturated heterocycles. The summed E-state index contributed by atoms with van der Waals surface area (Å²) in [5, 5.41) is 13.6. The molecule has 11 nitrogen and oxygen atoms in total. The Morgan fingerprint density at radius 3 is 2.18 bits per heavy atom. The predicted molar refractivity (Wildman–Crippen MR) is 119 cm³/mol. The second kappa shape index (κ2) is 11.4. The fourth-order valence-electron chi connectivity index (χ4n) is 2.74. The Kier molecular flexibility index (Phi) is 8.61. The summed E-state index contributed by atoms with van der Waals surface area (Å²) in [6, 6.07) is 7.17. The minimum atomic E-state index is -1.23. The van der Waals surface area contributed by atoms with E-state index in [9.17, 15) is 19.7 Å². The summed E-state index contributed by atoms with van der Waals surface area (Å²) in [6.07, 6.45) is 1.32. The molecule has 0 spiro atoms. The van der Waals surface area contributed by atoms with Crippen molar-refractivity contribution in [2.45, 2.75) is 13.0 Å². The normalized spacial score (nSPS) is 11.4. The van der Waals surface area contributed by atoms with Gasteiger partial charge in [-0.3, -0.25) is 14.9 Å². The Labute approximate surface area is 190 Å². The Balaban J connectivity index is 2.10. The van der Waals surface area contributed by atoms with Gasteiger partial charge in [-0.2, -0.15) is 0 Å². The molecule has 1 unspecified atom stereocenters. The molecule has 1 amide bonds. The zero-order valence-corrected chi connectivity index (χ0v) is 18.7. The monoisotopic (exact) mass is 460 g/mol. The lowest BCUT2D eigenvalue weighted by Gasteiger charge is -2.13. The Morgan fingerprint density at radius 1 is 0.970 bits per heavy atom. The summed E-state index contributed by atoms with van der Waals surface area (Å²) < 4.78 is 25.8. The highest BCUT2D eigenvalue weighted by Gasteiger charge is 2.22. The zero-order valence-electron chi connectivity index (χ0n) is 18.7. The maximum Gasteiger partial charge on any atom is 0.331 e. The van der Waals surface area contributed by atoms with Crippen molar-refractivity contribution >= 4 is 29.3 Å². The van der Waals surface area contributed by atoms with Crippen LogP contribution in [0.4, 0.5) is 11.4 Å². The van der Waals surface area contributed by atoms with Crippen LogP contribution in [0.25, 0.3) is 6.08 Å². The van der Waals surface area contributed by atoms with Gasteiger partial charge < -0.3 is 29.0 Å². The van der Waals surface area contributed by atoms with E-state index in [4.69, 9.17) is 23.7 Å². The maximum absolute atomic E-state index is 12.4. The van der Waals surface area contributed by atoms with Gasteiger partial charge in [0.2, 0.25) is 0 Å². The van der Waals surface area contributed by atoms with Crippen molar-refractivity contribution in [1.29, 1.82) is 0 Å². The number of amides is 1. The Hall–Kier alpha value is -4.28. The Bertz CT molecular complexity index is 1070. The number of nitro groups is 1. The standard InChI is InChI=1S/C22H24N2O9/c1-13(22(26)23-16-8-7-15(29-2)11-17(16)24(27)28)33-21(25)9-6-14-10-19(31-4)20(32-5)12-18(14)30-3/h6-13H,1-5H3,(H,23,26)/b9-6+. The number of rotatable bonds is 10. The minimum absolute atomic E-state index is 0.0562. The first kappa shape index (κ1) is 25.0. The van der Waals surface area contributed by atoms with Crippen LogP contribution < -0.4 is 24.3 Å². The van der Waals surface area contributed by atoms with Gasteiger partial charge in [-0.1, -0.05) is 0 Å². The van der Waals surface area contributed by atoms with E-state index in [2.05, 4.69) is 5.32 Å². The van der Waals surface area contributed by atoms with Crippen LogP contribution in [0.2, 0.25) is 0 Å². The molecule has 0 aliphatic rings. The third kappa shape index (κ3) is 6.35. The minimum Gasteiger partial charge on any atom is -0.496 e. The molecule has 1 atom stereocenters. The molecule has 176 valence electrons. The number of nitro benzene ring substituents is 1. The molecule has 0 heterocycles. The molecule has 0 aromatic heterocycles. The average Bonchev–Trinajstić information content (AvgIpc) is 2.81. The summed E-state index contributed by atoms with van der Waals surface area (Å²) in [7, 11) is 5.78. The molecule has 2 aromatic rings. The van der Waals surface area contributed by atoms with Crippen LogP contribution in [0.5, 0.6) is 23.0 Å². The molecule has 0 fully saturated rings. The number of carbonyl (C=O) groups excluding carboxylic acids is 2. The second-order valence-corrected chi connectivity index (χ2v) is 6.49. The summed E-state index contributed by atoms with van der Waals surface area (Å²) in [4.78, 5) is 35.2. The molecule has 0 aliphatic heterocycles. The smallest absolute Gasteiger partial charge is 0.331 e. The van der Waals surface area contributed by atoms with Crippen LogP contribution in [0.3, 0.4) is 0 Å². The molecular formula is C22H24N2O9. The number of carbonyl (C=O) groups is 2. The van der Waals surface area contributed by atoms with E-state index in [1.54, 1.807) is 12.1 Å². The summed E-state index contributed by atoms with van der Waals surface area (Å²) >= 11 is 0. The molecular weight excluding hydrogens is 436 g/mol. The topological polar surface area (TPSA) is 135 Å². The highest BCUT2D eigenvalue weighted by atomic mass is 16.6. The number of hydrogen-bond acceptors (Lipinski definition) is 9. The highest BCUT2D eigenvalue weighted by Crippen LogP contribution is 2.35. The van der Waals surface area contributed by atoms with Gasteiger partial charge in [0.05, 0.1) is 39.4 Å². The maximum atomic E-state index is 12.4. The van der Waals surface area contributed by atoms with Crippen molar-refractivity contribution in [2.75, 3.05) is 33.8 Å². The fraction of sp³-hybridized carbons (Fsp3) is 0.273. The van der Waals surface area contributed by atoms with Crippen LogP contribution in [-0.2, 0) is 14.3 Å². The van der Waals surface area contributed by atoms with E-state index in [1.165, 1.54) is 59.6 Å². The van der Waals surface area contributed by atoms with E-state index in [1.807, 2.05) is 0 Å². The molecule has 33 heavy (non-hydrogen) atoms. The van der Waals surface area contributed by atoms with Gasteiger partial charge in [0.1, 0.15) is 17.2 Å². The van der Waals surface area contributed by atoms with E-state index >= 15 is 0 Å². The number of nitrogens with one attached hydrogen (secondary N) is 1. The summed E-state index contributed by atoms with van der Waals surface area (Å²) in [5.74, 6) is 0.0174. The van der Waals surface area contributed by atoms with Crippen molar-refractivity contribution in [1.82, 2.24) is 0 Å². The lowest BCUT2D eigenvalue weighted by atomic mass is 10.1. The van der Waals surface area contributed by atoms with Crippen LogP contribution in [-0.4, -0.2) is 51.3 Å². The molecule has 1 N–H and O–H groups in total. The van der Waals surface area contributed by atoms with Gasteiger partial charge in [-0.15, -0.1) is 0 Å². The van der Waals surface area contributed by atoms with Gasteiger partial charge in [0.25, 0.3) is 11.6 Å². The van der Waals surface area contributed by atoms with Crippen LogP contribution >= 0.6 is 0 Å². The summed E-state index contributed by atoms with van der Waals surface area (Å²) in [6.45, 7) is 1.34. The number of nitrogens with zero attached hydrogens (tertiary/aromatic N) is 1. The van der Waals surface area contributed by atoms with Crippen LogP contribution in [0, 0.1) is 10.1 Å².